The van der Waals surface area contributed by atoms with E-state index in [9.17, 15) is 9.18 Å². The molecule has 0 fully saturated rings. The quantitative estimate of drug-likeness (QED) is 0.144. The van der Waals surface area contributed by atoms with Gasteiger partial charge < -0.3 is 10.1 Å². The van der Waals surface area contributed by atoms with Crippen LogP contribution in [0.15, 0.2) is 108 Å². The number of hydrogen-bond donors (Lipinski definition) is 2. The predicted octanol–water partition coefficient (Wildman–Crippen LogP) is 7.69. The van der Waals surface area contributed by atoms with Gasteiger partial charge in [-0.2, -0.15) is 5.10 Å². The van der Waals surface area contributed by atoms with Crippen molar-refractivity contribution in [3.63, 3.8) is 0 Å². The number of rotatable bonds is 9. The van der Waals surface area contributed by atoms with Crippen molar-refractivity contribution in [1.29, 1.82) is 0 Å². The number of halogens is 2. The Bertz CT molecular complexity index is 1600. The molecule has 4 aromatic carbocycles. The normalized spacial score (nSPS) is 10.9. The average Bonchev–Trinajstić information content (AvgIpc) is 3.43. The second-order valence-electron chi connectivity index (χ2n) is 8.36. The summed E-state index contributed by atoms with van der Waals surface area (Å²) in [4.78, 5) is 17.2. The number of anilines is 2. The number of carbonyl (C=O) groups excluding carboxylic acids is 1. The fourth-order valence-electron chi connectivity index (χ4n) is 3.63. The average molecular weight is 557 g/mol. The summed E-state index contributed by atoms with van der Waals surface area (Å²) in [6, 6.07) is 28.2. The van der Waals surface area contributed by atoms with Gasteiger partial charge in [0.2, 0.25) is 0 Å². The maximum absolute atomic E-state index is 13.9. The Morgan fingerprint density at radius 3 is 2.51 bits per heavy atom. The molecule has 194 valence electrons. The molecule has 9 heteroatoms. The van der Waals surface area contributed by atoms with E-state index in [0.717, 1.165) is 22.1 Å². The van der Waals surface area contributed by atoms with Gasteiger partial charge in [0.1, 0.15) is 18.2 Å². The maximum atomic E-state index is 13.9. The molecule has 1 amide bonds. The molecule has 1 aromatic heterocycles. The Balaban J connectivity index is 1.18. The fourth-order valence-corrected chi connectivity index (χ4v) is 4.49. The highest BCUT2D eigenvalue weighted by Crippen LogP contribution is 2.28. The lowest BCUT2D eigenvalue weighted by Crippen LogP contribution is -2.17. The van der Waals surface area contributed by atoms with Crippen molar-refractivity contribution in [1.82, 2.24) is 10.4 Å². The Labute approximate surface area is 233 Å². The van der Waals surface area contributed by atoms with E-state index in [0.29, 0.717) is 27.5 Å². The highest BCUT2D eigenvalue weighted by atomic mass is 35.5. The molecule has 0 aliphatic heterocycles. The highest BCUT2D eigenvalue weighted by Gasteiger charge is 2.09. The van der Waals surface area contributed by atoms with E-state index >= 15 is 0 Å². The minimum absolute atomic E-state index is 0.0773. The number of para-hydroxylation sites is 1. The van der Waals surface area contributed by atoms with E-state index in [1.165, 1.54) is 23.6 Å². The molecule has 0 saturated carbocycles. The Hall–Kier alpha value is -4.53. The molecule has 2 N–H and O–H groups in total. The van der Waals surface area contributed by atoms with Crippen molar-refractivity contribution in [3.8, 4) is 17.0 Å². The number of benzene rings is 4. The van der Waals surface area contributed by atoms with Crippen LogP contribution in [0.5, 0.6) is 5.75 Å². The van der Waals surface area contributed by atoms with Crippen LogP contribution in [0.3, 0.4) is 0 Å². The summed E-state index contributed by atoms with van der Waals surface area (Å²) < 4.78 is 19.7. The van der Waals surface area contributed by atoms with E-state index in [1.807, 2.05) is 53.9 Å². The molecular weight excluding hydrogens is 535 g/mol. The molecule has 5 aromatic rings. The molecule has 0 aliphatic rings. The molecule has 0 aliphatic carbocycles. The van der Waals surface area contributed by atoms with Gasteiger partial charge >= 0.3 is 0 Å². The molecule has 5 rings (SSSR count). The van der Waals surface area contributed by atoms with E-state index in [1.54, 1.807) is 42.5 Å². The zero-order valence-corrected chi connectivity index (χ0v) is 22.0. The summed E-state index contributed by atoms with van der Waals surface area (Å²) in [5.74, 6) is -0.158. The molecule has 39 heavy (non-hydrogen) atoms. The number of carbonyl (C=O) groups is 1. The molecule has 6 nitrogen and oxygen atoms in total. The second kappa shape index (κ2) is 12.3. The summed E-state index contributed by atoms with van der Waals surface area (Å²) in [7, 11) is 0. The standard InChI is InChI=1S/C30H22ClFN4O2S/c31-24-13-15-25(16-14-24)34-30-35-27(19-39-30)20-9-11-21(12-10-20)29(37)36-33-17-22-5-2-4-8-28(22)38-18-23-6-1-3-7-26(23)32/h1-17,19H,18H2,(H,34,35)(H,36,37)/b33-17-. The van der Waals surface area contributed by atoms with Crippen LogP contribution >= 0.6 is 22.9 Å². The lowest BCUT2D eigenvalue weighted by Gasteiger charge is -2.09. The number of hydrogen-bond acceptors (Lipinski definition) is 6. The number of nitrogens with one attached hydrogen (secondary N) is 2. The first-order chi connectivity index (χ1) is 19.0. The summed E-state index contributed by atoms with van der Waals surface area (Å²) >= 11 is 7.42. The first-order valence-corrected chi connectivity index (χ1v) is 13.2. The third-order valence-electron chi connectivity index (χ3n) is 5.67. The van der Waals surface area contributed by atoms with Crippen LogP contribution in [0.4, 0.5) is 15.2 Å². The van der Waals surface area contributed by atoms with Gasteiger partial charge in [-0.3, -0.25) is 4.79 Å². The SMILES string of the molecule is O=C(N/N=C\c1ccccc1OCc1ccccc1F)c1ccc(-c2csc(Nc3ccc(Cl)cc3)n2)cc1. The van der Waals surface area contributed by atoms with Crippen molar-refractivity contribution in [2.45, 2.75) is 6.61 Å². The molecule has 1 heterocycles. The van der Waals surface area contributed by atoms with Crippen LogP contribution in [-0.2, 0) is 6.61 Å². The maximum Gasteiger partial charge on any atom is 0.271 e. The lowest BCUT2D eigenvalue weighted by atomic mass is 10.1. The third kappa shape index (κ3) is 6.87. The van der Waals surface area contributed by atoms with E-state index in [2.05, 4.69) is 20.8 Å². The van der Waals surface area contributed by atoms with Crippen LogP contribution in [0.1, 0.15) is 21.5 Å². The first-order valence-electron chi connectivity index (χ1n) is 11.9. The number of nitrogens with zero attached hydrogens (tertiary/aromatic N) is 2. The molecule has 0 spiro atoms. The lowest BCUT2D eigenvalue weighted by molar-refractivity contribution is 0.0955. The topological polar surface area (TPSA) is 75.6 Å². The fraction of sp³-hybridized carbons (Fsp3) is 0.0333. The van der Waals surface area contributed by atoms with Gasteiger partial charge in [0, 0.05) is 38.3 Å². The number of thiazole rings is 1. The number of ether oxygens (including phenoxy) is 1. The smallest absolute Gasteiger partial charge is 0.271 e. The zero-order valence-electron chi connectivity index (χ0n) is 20.5. The van der Waals surface area contributed by atoms with Crippen molar-refractivity contribution in [2.75, 3.05) is 5.32 Å². The van der Waals surface area contributed by atoms with Gasteiger partial charge in [0.05, 0.1) is 11.9 Å². The number of hydrazone groups is 1. The Morgan fingerprint density at radius 1 is 0.974 bits per heavy atom. The summed E-state index contributed by atoms with van der Waals surface area (Å²) in [5, 5.41) is 10.7. The van der Waals surface area contributed by atoms with Crippen LogP contribution in [-0.4, -0.2) is 17.1 Å². The van der Waals surface area contributed by atoms with E-state index in [4.69, 9.17) is 16.3 Å². The van der Waals surface area contributed by atoms with Gasteiger partial charge in [-0.15, -0.1) is 11.3 Å². The predicted molar refractivity (Wildman–Crippen MR) is 155 cm³/mol. The Morgan fingerprint density at radius 2 is 1.72 bits per heavy atom. The molecule has 0 atom stereocenters. The first kappa shape index (κ1) is 26.1. The van der Waals surface area contributed by atoms with Gasteiger partial charge in [0.25, 0.3) is 5.91 Å². The molecule has 0 unspecified atom stereocenters. The summed E-state index contributed by atoms with van der Waals surface area (Å²) in [5.41, 5.74) is 6.67. The van der Waals surface area contributed by atoms with Gasteiger partial charge in [-0.05, 0) is 54.6 Å². The zero-order chi connectivity index (χ0) is 27.0. The van der Waals surface area contributed by atoms with Crippen molar-refractivity contribution in [2.24, 2.45) is 5.10 Å². The molecule has 0 bridgehead atoms. The van der Waals surface area contributed by atoms with E-state index in [-0.39, 0.29) is 18.3 Å². The van der Waals surface area contributed by atoms with Gasteiger partial charge in [-0.1, -0.05) is 54.1 Å². The van der Waals surface area contributed by atoms with Crippen molar-refractivity contribution < 1.29 is 13.9 Å². The monoisotopic (exact) mass is 556 g/mol. The Kier molecular flexibility index (Phi) is 8.26. The van der Waals surface area contributed by atoms with Gasteiger partial charge in [0.15, 0.2) is 5.13 Å². The number of amides is 1. The molecule has 0 saturated heterocycles. The second-order valence-corrected chi connectivity index (χ2v) is 9.66. The van der Waals surface area contributed by atoms with Crippen molar-refractivity contribution in [3.05, 3.63) is 130 Å². The largest absolute Gasteiger partial charge is 0.488 e. The summed E-state index contributed by atoms with van der Waals surface area (Å²) in [6.07, 6.45) is 1.49. The third-order valence-corrected chi connectivity index (χ3v) is 6.68. The van der Waals surface area contributed by atoms with Crippen molar-refractivity contribution >= 4 is 45.9 Å². The minimum Gasteiger partial charge on any atom is -0.488 e. The molecular formula is C30H22ClFN4O2S. The van der Waals surface area contributed by atoms with Crippen LogP contribution < -0.4 is 15.5 Å². The molecule has 0 radical (unpaired) electrons. The van der Waals surface area contributed by atoms with Gasteiger partial charge in [-0.25, -0.2) is 14.8 Å². The summed E-state index contributed by atoms with van der Waals surface area (Å²) in [6.45, 7) is 0.0773. The highest BCUT2D eigenvalue weighted by molar-refractivity contribution is 7.14. The van der Waals surface area contributed by atoms with E-state index < -0.39 is 0 Å². The minimum atomic E-state index is -0.356. The van der Waals surface area contributed by atoms with Crippen LogP contribution in [0.25, 0.3) is 11.3 Å². The van der Waals surface area contributed by atoms with Crippen LogP contribution in [0.2, 0.25) is 5.02 Å². The number of aromatic nitrogens is 1. The van der Waals surface area contributed by atoms with Crippen LogP contribution in [0, 0.1) is 5.82 Å².